The van der Waals surface area contributed by atoms with E-state index < -0.39 is 0 Å². The lowest BCUT2D eigenvalue weighted by molar-refractivity contribution is 0.947. The van der Waals surface area contributed by atoms with Crippen molar-refractivity contribution in [2.24, 2.45) is 5.11 Å². The molecule has 1 heterocycles. The molecule has 9 heavy (non-hydrogen) atoms. The third-order valence-corrected chi connectivity index (χ3v) is 1.25. The van der Waals surface area contributed by atoms with Crippen LogP contribution in [-0.2, 0) is 6.54 Å². The van der Waals surface area contributed by atoms with Gasteiger partial charge in [0.25, 0.3) is 0 Å². The Labute approximate surface area is 55.1 Å². The molecule has 0 spiro atoms. The van der Waals surface area contributed by atoms with Crippen molar-refractivity contribution in [3.63, 3.8) is 0 Å². The van der Waals surface area contributed by atoms with Gasteiger partial charge in [0.05, 0.1) is 12.2 Å². The molecule has 6 heteroatoms. The first kappa shape index (κ1) is 6.00. The molecule has 0 amide bonds. The molecular weight excluding hydrogens is 138 g/mol. The number of azide groups is 1. The van der Waals surface area contributed by atoms with E-state index in [1.165, 1.54) is 11.5 Å². The van der Waals surface area contributed by atoms with Crippen LogP contribution in [0.4, 0.5) is 0 Å². The van der Waals surface area contributed by atoms with Crippen LogP contribution >= 0.6 is 11.5 Å². The Bertz CT molecular complexity index is 210. The monoisotopic (exact) mass is 141 g/mol. The fourth-order valence-electron chi connectivity index (χ4n) is 0.357. The van der Waals surface area contributed by atoms with Gasteiger partial charge >= 0.3 is 0 Å². The van der Waals surface area contributed by atoms with Gasteiger partial charge in [-0.2, -0.15) is 0 Å². The molecule has 0 fully saturated rings. The zero-order valence-electron chi connectivity index (χ0n) is 4.43. The second kappa shape index (κ2) is 3.01. The van der Waals surface area contributed by atoms with Gasteiger partial charge in [0.1, 0.15) is 0 Å². The summed E-state index contributed by atoms with van der Waals surface area (Å²) in [5.74, 6) is 0. The van der Waals surface area contributed by atoms with Crippen LogP contribution in [0.15, 0.2) is 10.5 Å². The van der Waals surface area contributed by atoms with E-state index in [9.17, 15) is 0 Å². The summed E-state index contributed by atoms with van der Waals surface area (Å²) >= 11 is 1.25. The van der Waals surface area contributed by atoms with E-state index in [1.807, 2.05) is 0 Å². The van der Waals surface area contributed by atoms with Crippen LogP contribution in [0, 0.1) is 0 Å². The summed E-state index contributed by atoms with van der Waals surface area (Å²) in [6.45, 7) is 0.299. The summed E-state index contributed by atoms with van der Waals surface area (Å²) in [4.78, 5) is 2.57. The average molecular weight is 141 g/mol. The normalized spacial score (nSPS) is 8.44. The van der Waals surface area contributed by atoms with Gasteiger partial charge in [-0.05, 0) is 17.1 Å². The summed E-state index contributed by atoms with van der Waals surface area (Å²) in [5, 5.41) is 8.70. The van der Waals surface area contributed by atoms with Gasteiger partial charge in [-0.15, -0.1) is 5.10 Å². The Balaban J connectivity index is 2.57. The van der Waals surface area contributed by atoms with Crippen molar-refractivity contribution in [3.05, 3.63) is 21.5 Å². The molecule has 0 saturated carbocycles. The fraction of sp³-hybridized carbons (Fsp3) is 0.333. The van der Waals surface area contributed by atoms with Crippen molar-refractivity contribution in [2.45, 2.75) is 6.54 Å². The molecule has 46 valence electrons. The van der Waals surface area contributed by atoms with E-state index in [4.69, 9.17) is 5.53 Å². The van der Waals surface area contributed by atoms with Crippen LogP contribution in [-0.4, -0.2) is 9.59 Å². The molecule has 5 nitrogen and oxygen atoms in total. The Morgan fingerprint density at radius 1 is 1.89 bits per heavy atom. The minimum absolute atomic E-state index is 0.299. The summed E-state index contributed by atoms with van der Waals surface area (Å²) in [6.07, 6.45) is 0. The highest BCUT2D eigenvalue weighted by atomic mass is 32.1. The maximum atomic E-state index is 7.88. The number of rotatable bonds is 2. The molecule has 0 aliphatic carbocycles. The second-order valence-corrected chi connectivity index (χ2v) is 1.90. The lowest BCUT2D eigenvalue weighted by Gasteiger charge is -1.76. The minimum Gasteiger partial charge on any atom is -0.143 e. The number of nitrogens with zero attached hydrogens (tertiary/aromatic N) is 5. The molecule has 0 bridgehead atoms. The molecule has 0 atom stereocenters. The predicted octanol–water partition coefficient (Wildman–Crippen LogP) is 1.35. The molecule has 0 aliphatic heterocycles. The highest BCUT2D eigenvalue weighted by Crippen LogP contribution is 1.97. The minimum atomic E-state index is 0.299. The molecule has 0 aliphatic rings. The van der Waals surface area contributed by atoms with E-state index in [1.54, 1.807) is 5.38 Å². The van der Waals surface area contributed by atoms with Gasteiger partial charge in [0, 0.05) is 10.3 Å². The highest BCUT2D eigenvalue weighted by molar-refractivity contribution is 7.03. The van der Waals surface area contributed by atoms with E-state index in [2.05, 4.69) is 19.6 Å². The van der Waals surface area contributed by atoms with E-state index in [0.717, 1.165) is 5.69 Å². The maximum Gasteiger partial charge on any atom is 0.0813 e. The SMILES string of the molecule is [N-]=[N+]=NCc1csnn1. The van der Waals surface area contributed by atoms with Crippen LogP contribution in [0.3, 0.4) is 0 Å². The zero-order chi connectivity index (χ0) is 6.53. The van der Waals surface area contributed by atoms with Gasteiger partial charge in [-0.25, -0.2) is 0 Å². The van der Waals surface area contributed by atoms with Crippen LogP contribution in [0.25, 0.3) is 10.4 Å². The quantitative estimate of drug-likeness (QED) is 0.354. The van der Waals surface area contributed by atoms with Crippen molar-refractivity contribution in [2.75, 3.05) is 0 Å². The van der Waals surface area contributed by atoms with Gasteiger partial charge in [-0.1, -0.05) is 9.60 Å². The van der Waals surface area contributed by atoms with E-state index in [0.29, 0.717) is 6.54 Å². The summed E-state index contributed by atoms with van der Waals surface area (Å²) in [6, 6.07) is 0. The van der Waals surface area contributed by atoms with Crippen LogP contribution < -0.4 is 0 Å². The lowest BCUT2D eigenvalue weighted by Crippen LogP contribution is -1.77. The molecule has 0 aromatic carbocycles. The standard InChI is InChI=1S/C3H3N5S/c4-7-5-1-3-2-9-8-6-3/h2H,1H2. The van der Waals surface area contributed by atoms with Gasteiger partial charge in [0.2, 0.25) is 0 Å². The van der Waals surface area contributed by atoms with E-state index >= 15 is 0 Å². The van der Waals surface area contributed by atoms with Crippen LogP contribution in [0.5, 0.6) is 0 Å². The molecule has 1 aromatic heterocycles. The van der Waals surface area contributed by atoms with Crippen molar-refractivity contribution < 1.29 is 0 Å². The molecule has 1 rings (SSSR count). The van der Waals surface area contributed by atoms with Crippen molar-refractivity contribution in [3.8, 4) is 0 Å². The Morgan fingerprint density at radius 2 is 2.78 bits per heavy atom. The molecular formula is C3H3N5S. The van der Waals surface area contributed by atoms with Gasteiger partial charge in [0.15, 0.2) is 0 Å². The highest BCUT2D eigenvalue weighted by Gasteiger charge is 1.89. The second-order valence-electron chi connectivity index (χ2n) is 1.29. The number of aromatic nitrogens is 2. The zero-order valence-corrected chi connectivity index (χ0v) is 5.25. The van der Waals surface area contributed by atoms with Crippen LogP contribution in [0.1, 0.15) is 5.69 Å². The van der Waals surface area contributed by atoms with Crippen molar-refractivity contribution in [1.29, 1.82) is 0 Å². The van der Waals surface area contributed by atoms with Crippen molar-refractivity contribution in [1.82, 2.24) is 9.59 Å². The predicted molar refractivity (Wildman–Crippen MR) is 32.8 cm³/mol. The largest absolute Gasteiger partial charge is 0.143 e. The number of hydrogen-bond donors (Lipinski definition) is 0. The topological polar surface area (TPSA) is 74.5 Å². The van der Waals surface area contributed by atoms with Gasteiger partial charge in [-0.3, -0.25) is 0 Å². The smallest absolute Gasteiger partial charge is 0.0813 e. The molecule has 0 saturated heterocycles. The Morgan fingerprint density at radius 3 is 3.33 bits per heavy atom. The lowest BCUT2D eigenvalue weighted by atomic mass is 10.5. The first-order valence-corrected chi connectivity index (χ1v) is 3.04. The Kier molecular flexibility index (Phi) is 2.00. The third kappa shape index (κ3) is 1.67. The molecule has 0 N–H and O–H groups in total. The van der Waals surface area contributed by atoms with Crippen molar-refractivity contribution >= 4 is 11.5 Å². The summed E-state index contributed by atoms with van der Waals surface area (Å²) < 4.78 is 3.58. The molecule has 0 radical (unpaired) electrons. The van der Waals surface area contributed by atoms with Gasteiger partial charge < -0.3 is 0 Å². The summed E-state index contributed by atoms with van der Waals surface area (Å²) in [7, 11) is 0. The average Bonchev–Trinajstić information content (AvgIpc) is 2.34. The molecule has 0 unspecified atom stereocenters. The Hall–Kier alpha value is -1.13. The summed E-state index contributed by atoms with van der Waals surface area (Å²) in [5.41, 5.74) is 8.60. The number of hydrogen-bond acceptors (Lipinski definition) is 4. The third-order valence-electron chi connectivity index (χ3n) is 0.701. The first-order chi connectivity index (χ1) is 4.43. The molecule has 1 aromatic rings. The fourth-order valence-corrected chi connectivity index (χ4v) is 0.799. The first-order valence-electron chi connectivity index (χ1n) is 2.20. The maximum absolute atomic E-state index is 7.88. The van der Waals surface area contributed by atoms with Crippen LogP contribution in [0.2, 0.25) is 0 Å². The van der Waals surface area contributed by atoms with E-state index in [-0.39, 0.29) is 0 Å².